The quantitative estimate of drug-likeness (QED) is 0.746. The number of carbonyl (C=O) groups is 1. The molecule has 1 amide bonds. The summed E-state index contributed by atoms with van der Waals surface area (Å²) in [5.41, 5.74) is 0. The van der Waals surface area contributed by atoms with Gasteiger partial charge in [-0.2, -0.15) is 0 Å². The number of aromatic nitrogens is 1. The smallest absolute Gasteiger partial charge is 0.288 e. The molecule has 0 aromatic carbocycles. The molecular formula is C11H15N3O5S. The number of hydrogen-bond donors (Lipinski definition) is 2. The van der Waals surface area contributed by atoms with Crippen LogP contribution < -0.4 is 10.0 Å². The Morgan fingerprint density at radius 2 is 2.25 bits per heavy atom. The van der Waals surface area contributed by atoms with Gasteiger partial charge in [0.25, 0.3) is 5.91 Å². The van der Waals surface area contributed by atoms with E-state index in [2.05, 4.69) is 15.0 Å². The van der Waals surface area contributed by atoms with Crippen molar-refractivity contribution in [1.82, 2.24) is 15.0 Å². The Balaban J connectivity index is 1.71. The molecule has 0 unspecified atom stereocenters. The SMILES string of the molecule is CS(=O)(=O)N[C@@H]1[C@@H](NC(=O)c2cnco2)[C@H]2CCO[C@H]21. The summed E-state index contributed by atoms with van der Waals surface area (Å²) in [5.74, 6) is -0.176. The lowest BCUT2D eigenvalue weighted by Crippen LogP contribution is -2.70. The molecule has 0 bridgehead atoms. The molecule has 2 N–H and O–H groups in total. The molecule has 20 heavy (non-hydrogen) atoms. The number of hydrogen-bond acceptors (Lipinski definition) is 6. The van der Waals surface area contributed by atoms with Crippen LogP contribution in [0.25, 0.3) is 0 Å². The molecule has 2 heterocycles. The molecule has 9 heteroatoms. The van der Waals surface area contributed by atoms with Crippen molar-refractivity contribution in [2.45, 2.75) is 24.6 Å². The van der Waals surface area contributed by atoms with E-state index in [9.17, 15) is 13.2 Å². The van der Waals surface area contributed by atoms with E-state index in [1.807, 2.05) is 0 Å². The van der Waals surface area contributed by atoms with E-state index in [0.717, 1.165) is 12.7 Å². The second kappa shape index (κ2) is 4.83. The Morgan fingerprint density at radius 3 is 2.90 bits per heavy atom. The van der Waals surface area contributed by atoms with E-state index in [4.69, 9.17) is 9.15 Å². The van der Waals surface area contributed by atoms with Gasteiger partial charge in [0.1, 0.15) is 0 Å². The lowest BCUT2D eigenvalue weighted by molar-refractivity contribution is -0.0196. The minimum atomic E-state index is -3.36. The standard InChI is InChI=1S/C11H15N3O5S/c1-20(16,17)14-9-8(6-2-3-18-10(6)9)13-11(15)7-4-12-5-19-7/h4-6,8-10,14H,2-3H2,1H3,(H,13,15)/t6-,8+,9-,10-/m1/s1. The van der Waals surface area contributed by atoms with Crippen molar-refractivity contribution < 1.29 is 22.4 Å². The average molecular weight is 301 g/mol. The number of carbonyl (C=O) groups excluding carboxylic acids is 1. The van der Waals surface area contributed by atoms with E-state index in [-0.39, 0.29) is 23.8 Å². The second-order valence-electron chi connectivity index (χ2n) is 5.07. The van der Waals surface area contributed by atoms with Crippen LogP contribution in [0.4, 0.5) is 0 Å². The highest BCUT2D eigenvalue weighted by molar-refractivity contribution is 7.88. The van der Waals surface area contributed by atoms with E-state index in [1.54, 1.807) is 0 Å². The Morgan fingerprint density at radius 1 is 1.45 bits per heavy atom. The minimum absolute atomic E-state index is 0.102. The number of sulfonamides is 1. The fourth-order valence-corrected chi connectivity index (χ4v) is 3.62. The third-order valence-corrected chi connectivity index (χ3v) is 4.39. The summed E-state index contributed by atoms with van der Waals surface area (Å²) in [7, 11) is -3.36. The van der Waals surface area contributed by atoms with E-state index in [0.29, 0.717) is 6.61 Å². The molecule has 1 aromatic heterocycles. The van der Waals surface area contributed by atoms with Crippen molar-refractivity contribution in [3.8, 4) is 0 Å². The predicted molar refractivity (Wildman–Crippen MR) is 67.4 cm³/mol. The van der Waals surface area contributed by atoms with Crippen molar-refractivity contribution in [1.29, 1.82) is 0 Å². The number of amides is 1. The zero-order valence-corrected chi connectivity index (χ0v) is 11.6. The molecule has 2 aliphatic rings. The fraction of sp³-hybridized carbons (Fsp3) is 0.636. The maximum Gasteiger partial charge on any atom is 0.288 e. The molecule has 1 aliphatic heterocycles. The Hall–Kier alpha value is -1.45. The number of fused-ring (bicyclic) bond motifs is 1. The van der Waals surface area contributed by atoms with Crippen LogP contribution in [0, 0.1) is 5.92 Å². The largest absolute Gasteiger partial charge is 0.438 e. The lowest BCUT2D eigenvalue weighted by Gasteiger charge is -2.47. The van der Waals surface area contributed by atoms with Gasteiger partial charge < -0.3 is 14.5 Å². The molecule has 1 aliphatic carbocycles. The van der Waals surface area contributed by atoms with Gasteiger partial charge in [0.2, 0.25) is 15.8 Å². The molecular weight excluding hydrogens is 286 g/mol. The van der Waals surface area contributed by atoms with E-state index in [1.165, 1.54) is 12.6 Å². The molecule has 110 valence electrons. The molecule has 1 saturated heterocycles. The molecule has 1 saturated carbocycles. The average Bonchev–Trinajstić information content (AvgIpc) is 3.01. The van der Waals surface area contributed by atoms with Crippen LogP contribution in [0.3, 0.4) is 0 Å². The molecule has 0 radical (unpaired) electrons. The summed E-state index contributed by atoms with van der Waals surface area (Å²) in [6, 6.07) is -0.737. The Bertz CT molecular complexity index is 600. The van der Waals surface area contributed by atoms with Crippen LogP contribution in [0.5, 0.6) is 0 Å². The van der Waals surface area contributed by atoms with Crippen LogP contribution >= 0.6 is 0 Å². The molecule has 3 rings (SSSR count). The summed E-state index contributed by atoms with van der Waals surface area (Å²) >= 11 is 0. The van der Waals surface area contributed by atoms with Crippen molar-refractivity contribution in [3.63, 3.8) is 0 Å². The third kappa shape index (κ3) is 2.43. The van der Waals surface area contributed by atoms with Gasteiger partial charge in [0, 0.05) is 12.5 Å². The third-order valence-electron chi connectivity index (χ3n) is 3.69. The number of rotatable bonds is 4. The number of oxazole rings is 1. The van der Waals surface area contributed by atoms with Gasteiger partial charge in [-0.05, 0) is 6.42 Å². The molecule has 1 aromatic rings. The van der Waals surface area contributed by atoms with Gasteiger partial charge >= 0.3 is 0 Å². The number of nitrogens with zero attached hydrogens (tertiary/aromatic N) is 1. The topological polar surface area (TPSA) is 111 Å². The van der Waals surface area contributed by atoms with Crippen LogP contribution in [0.15, 0.2) is 17.0 Å². The molecule has 0 spiro atoms. The maximum absolute atomic E-state index is 11.9. The predicted octanol–water partition coefficient (Wildman–Crippen LogP) is -0.890. The van der Waals surface area contributed by atoms with Crippen molar-refractivity contribution in [3.05, 3.63) is 18.4 Å². The Labute approximate surface area is 115 Å². The van der Waals surface area contributed by atoms with E-state index >= 15 is 0 Å². The summed E-state index contributed by atoms with van der Waals surface area (Å²) in [5, 5.41) is 2.78. The van der Waals surface area contributed by atoms with Crippen molar-refractivity contribution >= 4 is 15.9 Å². The van der Waals surface area contributed by atoms with Gasteiger partial charge in [0.05, 0.1) is 30.6 Å². The van der Waals surface area contributed by atoms with Crippen LogP contribution in [-0.2, 0) is 14.8 Å². The highest BCUT2D eigenvalue weighted by atomic mass is 32.2. The van der Waals surface area contributed by atoms with Crippen LogP contribution in [0.1, 0.15) is 17.0 Å². The normalized spacial score (nSPS) is 32.5. The van der Waals surface area contributed by atoms with E-state index < -0.39 is 22.0 Å². The first-order chi connectivity index (χ1) is 9.46. The van der Waals surface area contributed by atoms with Crippen molar-refractivity contribution in [2.75, 3.05) is 12.9 Å². The summed E-state index contributed by atoms with van der Waals surface area (Å²) in [4.78, 5) is 15.6. The van der Waals surface area contributed by atoms with Crippen LogP contribution in [0.2, 0.25) is 0 Å². The maximum atomic E-state index is 11.9. The Kier molecular flexibility index (Phi) is 3.27. The summed E-state index contributed by atoms with van der Waals surface area (Å²) in [6.07, 6.45) is 4.20. The summed E-state index contributed by atoms with van der Waals surface area (Å²) in [6.45, 7) is 0.575. The lowest BCUT2D eigenvalue weighted by atomic mass is 9.72. The number of nitrogens with one attached hydrogen (secondary N) is 2. The molecule has 8 nitrogen and oxygen atoms in total. The van der Waals surface area contributed by atoms with Crippen LogP contribution in [-0.4, -0.2) is 50.4 Å². The molecule has 2 fully saturated rings. The van der Waals surface area contributed by atoms with Gasteiger partial charge in [-0.3, -0.25) is 4.79 Å². The fourth-order valence-electron chi connectivity index (χ4n) is 2.84. The van der Waals surface area contributed by atoms with Gasteiger partial charge in [-0.1, -0.05) is 0 Å². The van der Waals surface area contributed by atoms with Gasteiger partial charge in [-0.25, -0.2) is 18.1 Å². The van der Waals surface area contributed by atoms with Crippen molar-refractivity contribution in [2.24, 2.45) is 5.92 Å². The second-order valence-corrected chi connectivity index (χ2v) is 6.85. The first kappa shape index (κ1) is 13.5. The zero-order chi connectivity index (χ0) is 14.3. The zero-order valence-electron chi connectivity index (χ0n) is 10.8. The van der Waals surface area contributed by atoms with Gasteiger partial charge in [0.15, 0.2) is 6.39 Å². The highest BCUT2D eigenvalue weighted by Crippen LogP contribution is 2.39. The van der Waals surface area contributed by atoms with Gasteiger partial charge in [-0.15, -0.1) is 0 Å². The number of ether oxygens (including phenoxy) is 1. The monoisotopic (exact) mass is 301 g/mol. The highest BCUT2D eigenvalue weighted by Gasteiger charge is 2.55. The minimum Gasteiger partial charge on any atom is -0.438 e. The molecule has 4 atom stereocenters. The first-order valence-electron chi connectivity index (χ1n) is 6.24. The summed E-state index contributed by atoms with van der Waals surface area (Å²) < 4.78 is 35.7. The first-order valence-corrected chi connectivity index (χ1v) is 8.13.